The van der Waals surface area contributed by atoms with Gasteiger partial charge in [-0.15, -0.1) is 0 Å². The monoisotopic (exact) mass is 273 g/mol. The lowest BCUT2D eigenvalue weighted by Crippen LogP contribution is -1.91. The molecule has 0 saturated carbocycles. The van der Waals surface area contributed by atoms with Gasteiger partial charge in [0.05, 0.1) is 10.3 Å². The lowest BCUT2D eigenvalue weighted by atomic mass is 9.93. The first-order valence-corrected chi connectivity index (χ1v) is 6.74. The van der Waals surface area contributed by atoms with E-state index in [0.717, 1.165) is 32.3 Å². The maximum Gasteiger partial charge on any atom is 0.277 e. The fraction of sp³-hybridized carbons (Fsp3) is 0. The molecule has 4 rings (SSSR count). The molecule has 0 N–H and O–H groups in total. The molecule has 0 heterocycles. The highest BCUT2D eigenvalue weighted by atomic mass is 16.6. The first-order chi connectivity index (χ1) is 10.3. The molecule has 4 aromatic rings. The second-order valence-corrected chi connectivity index (χ2v) is 5.05. The molecule has 0 aliphatic rings. The Hall–Kier alpha value is -2.94. The van der Waals surface area contributed by atoms with Crippen LogP contribution in [-0.2, 0) is 0 Å². The Labute approximate surface area is 120 Å². The minimum atomic E-state index is -0.302. The Balaban J connectivity index is 2.43. The van der Waals surface area contributed by atoms with Crippen molar-refractivity contribution in [2.24, 2.45) is 0 Å². The van der Waals surface area contributed by atoms with Gasteiger partial charge in [-0.25, -0.2) is 0 Å². The normalized spacial score (nSPS) is 11.2. The molecule has 21 heavy (non-hydrogen) atoms. The molecule has 100 valence electrons. The van der Waals surface area contributed by atoms with Crippen molar-refractivity contribution in [1.82, 2.24) is 0 Å². The maximum absolute atomic E-state index is 11.4. The Kier molecular flexibility index (Phi) is 2.42. The number of non-ortho nitro benzene ring substituents is 1. The van der Waals surface area contributed by atoms with E-state index in [-0.39, 0.29) is 10.6 Å². The molecular formula is C18H11NO2. The predicted octanol–water partition coefficient (Wildman–Crippen LogP) is 5.05. The fourth-order valence-electron chi connectivity index (χ4n) is 3.09. The smallest absolute Gasteiger partial charge is 0.258 e. The van der Waals surface area contributed by atoms with Crippen LogP contribution in [0.15, 0.2) is 66.7 Å². The Bertz CT molecular complexity index is 976. The van der Waals surface area contributed by atoms with Gasteiger partial charge in [0.25, 0.3) is 5.69 Å². The van der Waals surface area contributed by atoms with E-state index in [1.165, 1.54) is 0 Å². The van der Waals surface area contributed by atoms with Crippen LogP contribution in [0.1, 0.15) is 0 Å². The Morgan fingerprint density at radius 2 is 1.05 bits per heavy atom. The van der Waals surface area contributed by atoms with Gasteiger partial charge in [0, 0.05) is 6.07 Å². The van der Waals surface area contributed by atoms with Crippen molar-refractivity contribution >= 4 is 38.0 Å². The molecule has 0 unspecified atom stereocenters. The lowest BCUT2D eigenvalue weighted by Gasteiger charge is -2.10. The van der Waals surface area contributed by atoms with Gasteiger partial charge >= 0.3 is 0 Å². The second-order valence-electron chi connectivity index (χ2n) is 5.05. The van der Waals surface area contributed by atoms with Gasteiger partial charge in [0.15, 0.2) is 0 Å². The van der Waals surface area contributed by atoms with Crippen LogP contribution in [-0.4, -0.2) is 4.92 Å². The standard InChI is InChI=1S/C18H11NO2/c20-19(21)17-11-5-10-16-14-7-2-1-6-12(14)13-8-3-4-9-15(13)18(16)17/h1-11H. The molecule has 0 amide bonds. The topological polar surface area (TPSA) is 43.1 Å². The van der Waals surface area contributed by atoms with Crippen LogP contribution in [0.4, 0.5) is 5.69 Å². The van der Waals surface area contributed by atoms with Crippen LogP contribution in [0, 0.1) is 10.1 Å². The average Bonchev–Trinajstić information content (AvgIpc) is 2.54. The maximum atomic E-state index is 11.4. The molecule has 0 saturated heterocycles. The molecule has 0 aromatic heterocycles. The van der Waals surface area contributed by atoms with Crippen molar-refractivity contribution in [3.63, 3.8) is 0 Å². The molecule has 3 nitrogen and oxygen atoms in total. The predicted molar refractivity (Wildman–Crippen MR) is 85.6 cm³/mol. The zero-order chi connectivity index (χ0) is 14.4. The second kappa shape index (κ2) is 4.28. The number of fused-ring (bicyclic) bond motifs is 6. The van der Waals surface area contributed by atoms with Gasteiger partial charge in [0.2, 0.25) is 0 Å². The van der Waals surface area contributed by atoms with E-state index in [1.807, 2.05) is 48.5 Å². The quantitative estimate of drug-likeness (QED) is 0.276. The van der Waals surface area contributed by atoms with Crippen molar-refractivity contribution in [2.75, 3.05) is 0 Å². The third-order valence-corrected chi connectivity index (χ3v) is 3.94. The zero-order valence-electron chi connectivity index (χ0n) is 11.1. The molecular weight excluding hydrogens is 262 g/mol. The first-order valence-electron chi connectivity index (χ1n) is 6.74. The van der Waals surface area contributed by atoms with Crippen LogP contribution in [0.3, 0.4) is 0 Å². The Morgan fingerprint density at radius 3 is 1.57 bits per heavy atom. The summed E-state index contributed by atoms with van der Waals surface area (Å²) in [7, 11) is 0. The summed E-state index contributed by atoms with van der Waals surface area (Å²) in [5.74, 6) is 0. The molecule has 4 aromatic carbocycles. The summed E-state index contributed by atoms with van der Waals surface area (Å²) in [6, 6.07) is 21.2. The van der Waals surface area contributed by atoms with Gasteiger partial charge in [-0.05, 0) is 26.9 Å². The molecule has 0 spiro atoms. The molecule has 0 bridgehead atoms. The molecule has 0 atom stereocenters. The summed E-state index contributed by atoms with van der Waals surface area (Å²) in [6.07, 6.45) is 0. The number of hydrogen-bond acceptors (Lipinski definition) is 2. The SMILES string of the molecule is O=[N+]([O-])c1cccc2c3ccccc3c3ccccc3c12. The number of nitro benzene ring substituents is 1. The van der Waals surface area contributed by atoms with Crippen LogP contribution in [0.2, 0.25) is 0 Å². The average molecular weight is 273 g/mol. The number of benzene rings is 4. The van der Waals surface area contributed by atoms with Crippen LogP contribution in [0.5, 0.6) is 0 Å². The molecule has 0 aliphatic heterocycles. The molecule has 3 heteroatoms. The Morgan fingerprint density at radius 1 is 0.619 bits per heavy atom. The highest BCUT2D eigenvalue weighted by Gasteiger charge is 2.16. The minimum Gasteiger partial charge on any atom is -0.258 e. The van der Waals surface area contributed by atoms with Crippen molar-refractivity contribution in [3.05, 3.63) is 76.8 Å². The van der Waals surface area contributed by atoms with E-state index in [1.54, 1.807) is 12.1 Å². The summed E-state index contributed by atoms with van der Waals surface area (Å²) in [6.45, 7) is 0. The summed E-state index contributed by atoms with van der Waals surface area (Å²) < 4.78 is 0. The summed E-state index contributed by atoms with van der Waals surface area (Å²) in [5.41, 5.74) is 0.162. The van der Waals surface area contributed by atoms with Gasteiger partial charge in [-0.2, -0.15) is 0 Å². The van der Waals surface area contributed by atoms with Gasteiger partial charge < -0.3 is 0 Å². The fourth-order valence-corrected chi connectivity index (χ4v) is 3.09. The van der Waals surface area contributed by atoms with Gasteiger partial charge in [0.1, 0.15) is 0 Å². The van der Waals surface area contributed by atoms with Crippen LogP contribution >= 0.6 is 0 Å². The van der Waals surface area contributed by atoms with Gasteiger partial charge in [-0.3, -0.25) is 10.1 Å². The van der Waals surface area contributed by atoms with Crippen molar-refractivity contribution in [3.8, 4) is 0 Å². The minimum absolute atomic E-state index is 0.162. The molecule has 0 radical (unpaired) electrons. The van der Waals surface area contributed by atoms with Crippen LogP contribution < -0.4 is 0 Å². The first kappa shape index (κ1) is 11.9. The van der Waals surface area contributed by atoms with E-state index in [4.69, 9.17) is 0 Å². The number of rotatable bonds is 1. The van der Waals surface area contributed by atoms with E-state index >= 15 is 0 Å². The largest absolute Gasteiger partial charge is 0.277 e. The summed E-state index contributed by atoms with van der Waals surface area (Å²) in [4.78, 5) is 11.1. The summed E-state index contributed by atoms with van der Waals surface area (Å²) >= 11 is 0. The van der Waals surface area contributed by atoms with Crippen LogP contribution in [0.25, 0.3) is 32.3 Å². The highest BCUT2D eigenvalue weighted by Crippen LogP contribution is 2.38. The van der Waals surface area contributed by atoms with E-state index in [2.05, 4.69) is 6.07 Å². The number of nitrogens with zero attached hydrogens (tertiary/aromatic N) is 1. The van der Waals surface area contributed by atoms with Crippen molar-refractivity contribution in [1.29, 1.82) is 0 Å². The van der Waals surface area contributed by atoms with E-state index < -0.39 is 0 Å². The molecule has 0 aliphatic carbocycles. The van der Waals surface area contributed by atoms with E-state index in [9.17, 15) is 10.1 Å². The van der Waals surface area contributed by atoms with E-state index in [0.29, 0.717) is 0 Å². The van der Waals surface area contributed by atoms with Gasteiger partial charge in [-0.1, -0.05) is 60.7 Å². The third-order valence-electron chi connectivity index (χ3n) is 3.94. The summed E-state index contributed by atoms with van der Waals surface area (Å²) in [5, 5.41) is 17.2. The molecule has 0 fully saturated rings. The lowest BCUT2D eigenvalue weighted by molar-refractivity contribution is -0.383. The van der Waals surface area contributed by atoms with Crippen molar-refractivity contribution in [2.45, 2.75) is 0 Å². The number of nitro groups is 1. The highest BCUT2D eigenvalue weighted by molar-refractivity contribution is 6.27. The zero-order valence-corrected chi connectivity index (χ0v) is 11.1. The number of hydrogen-bond donors (Lipinski definition) is 0. The van der Waals surface area contributed by atoms with Crippen molar-refractivity contribution < 1.29 is 4.92 Å². The third kappa shape index (κ3) is 1.61.